The van der Waals surface area contributed by atoms with Crippen molar-refractivity contribution >= 4 is 44.6 Å². The highest BCUT2D eigenvalue weighted by molar-refractivity contribution is 8.19. The van der Waals surface area contributed by atoms with Crippen LogP contribution in [0.2, 0.25) is 0 Å². The van der Waals surface area contributed by atoms with E-state index in [2.05, 4.69) is 11.0 Å². The van der Waals surface area contributed by atoms with Crippen LogP contribution in [0.15, 0.2) is 75.4 Å². The van der Waals surface area contributed by atoms with E-state index in [0.717, 1.165) is 17.3 Å². The second-order valence-electron chi connectivity index (χ2n) is 6.33. The van der Waals surface area contributed by atoms with Crippen molar-refractivity contribution in [3.05, 3.63) is 87.3 Å². The van der Waals surface area contributed by atoms with Crippen LogP contribution < -0.4 is 0 Å². The van der Waals surface area contributed by atoms with Crippen LogP contribution in [0.5, 0.6) is 0 Å². The lowest BCUT2D eigenvalue weighted by molar-refractivity contribution is -0.384. The first-order valence-electron chi connectivity index (χ1n) is 8.69. The zero-order valence-corrected chi connectivity index (χ0v) is 17.5. The molecule has 0 aliphatic carbocycles. The molecule has 1 aliphatic rings. The molecule has 0 spiro atoms. The number of nitro groups is 1. The van der Waals surface area contributed by atoms with E-state index in [1.54, 1.807) is 18.2 Å². The maximum Gasteiger partial charge on any atom is 0.284 e. The van der Waals surface area contributed by atoms with Crippen molar-refractivity contribution in [2.45, 2.75) is 11.8 Å². The van der Waals surface area contributed by atoms with E-state index in [1.165, 1.54) is 47.4 Å². The third-order valence-corrected chi connectivity index (χ3v) is 6.50. The van der Waals surface area contributed by atoms with Gasteiger partial charge in [0, 0.05) is 18.7 Å². The van der Waals surface area contributed by atoms with Gasteiger partial charge in [-0.15, -0.1) is 11.0 Å². The Labute approximate surface area is 177 Å². The number of rotatable bonds is 6. The fourth-order valence-electron chi connectivity index (χ4n) is 2.61. The van der Waals surface area contributed by atoms with Crippen LogP contribution in [0.4, 0.5) is 5.69 Å². The van der Waals surface area contributed by atoms with Gasteiger partial charge in [0.15, 0.2) is 5.17 Å². The lowest BCUT2D eigenvalue weighted by atomic mass is 10.2. The average Bonchev–Trinajstić information content (AvgIpc) is 2.97. The zero-order valence-electron chi connectivity index (χ0n) is 15.9. The molecule has 2 aromatic carbocycles. The summed E-state index contributed by atoms with van der Waals surface area (Å²) in [7, 11) is -4.03. The molecule has 8 nitrogen and oxygen atoms in total. The molecule has 1 amide bonds. The van der Waals surface area contributed by atoms with E-state index in [4.69, 9.17) is 0 Å². The molecular formula is C20H17N3O5S2. The van der Waals surface area contributed by atoms with Crippen molar-refractivity contribution in [3.63, 3.8) is 0 Å². The molecule has 3 rings (SSSR count). The summed E-state index contributed by atoms with van der Waals surface area (Å²) in [5, 5.41) is 11.0. The monoisotopic (exact) mass is 443 g/mol. The second-order valence-corrected chi connectivity index (χ2v) is 8.94. The summed E-state index contributed by atoms with van der Waals surface area (Å²) in [5.41, 5.74) is 1.24. The predicted molar refractivity (Wildman–Crippen MR) is 116 cm³/mol. The molecule has 1 saturated heterocycles. The number of non-ortho nitro benzene ring substituents is 1. The number of amides is 1. The van der Waals surface area contributed by atoms with Crippen LogP contribution in [-0.4, -0.2) is 35.9 Å². The second kappa shape index (κ2) is 8.64. The fourth-order valence-corrected chi connectivity index (χ4v) is 4.80. The predicted octanol–water partition coefficient (Wildman–Crippen LogP) is 3.75. The summed E-state index contributed by atoms with van der Waals surface area (Å²) < 4.78 is 29.2. The number of nitro benzene ring substituents is 1. The number of amidine groups is 1. The summed E-state index contributed by atoms with van der Waals surface area (Å²) in [4.78, 5) is 24.6. The Morgan fingerprint density at radius 1 is 1.23 bits per heavy atom. The highest BCUT2D eigenvalue weighted by Crippen LogP contribution is 2.34. The number of nitrogens with zero attached hydrogens (tertiary/aromatic N) is 3. The quantitative estimate of drug-likeness (QED) is 0.291. The van der Waals surface area contributed by atoms with Crippen molar-refractivity contribution in [1.82, 2.24) is 4.90 Å². The minimum atomic E-state index is -4.03. The van der Waals surface area contributed by atoms with Gasteiger partial charge in [0.2, 0.25) is 0 Å². The number of carbonyl (C=O) groups excluding carboxylic acids is 1. The molecule has 1 aliphatic heterocycles. The number of carbonyl (C=O) groups is 1. The lowest BCUT2D eigenvalue weighted by Crippen LogP contribution is -2.29. The summed E-state index contributed by atoms with van der Waals surface area (Å²) >= 11 is 0.891. The van der Waals surface area contributed by atoms with E-state index in [-0.39, 0.29) is 27.2 Å². The van der Waals surface area contributed by atoms with Gasteiger partial charge in [-0.05, 0) is 42.5 Å². The topological polar surface area (TPSA) is 110 Å². The maximum atomic E-state index is 12.8. The van der Waals surface area contributed by atoms with Crippen LogP contribution in [0.1, 0.15) is 11.1 Å². The maximum absolute atomic E-state index is 12.8. The third kappa shape index (κ3) is 4.66. The lowest BCUT2D eigenvalue weighted by Gasteiger charge is -2.12. The van der Waals surface area contributed by atoms with Crippen molar-refractivity contribution in [2.24, 2.45) is 4.40 Å². The van der Waals surface area contributed by atoms with Crippen LogP contribution in [-0.2, 0) is 14.8 Å². The molecule has 0 N–H and O–H groups in total. The van der Waals surface area contributed by atoms with E-state index in [9.17, 15) is 23.3 Å². The van der Waals surface area contributed by atoms with Gasteiger partial charge in [-0.1, -0.05) is 35.9 Å². The van der Waals surface area contributed by atoms with Crippen LogP contribution in [0.3, 0.4) is 0 Å². The summed E-state index contributed by atoms with van der Waals surface area (Å²) in [6.07, 6.45) is 2.93. The minimum Gasteiger partial charge on any atom is -0.282 e. The Morgan fingerprint density at radius 3 is 2.57 bits per heavy atom. The Morgan fingerprint density at radius 2 is 1.93 bits per heavy atom. The minimum absolute atomic E-state index is 0.00263. The van der Waals surface area contributed by atoms with Crippen LogP contribution in [0.25, 0.3) is 6.08 Å². The largest absolute Gasteiger partial charge is 0.284 e. The summed E-state index contributed by atoms with van der Waals surface area (Å²) in [6, 6.07) is 12.0. The zero-order chi connectivity index (χ0) is 21.9. The molecule has 30 heavy (non-hydrogen) atoms. The Balaban J connectivity index is 1.99. The van der Waals surface area contributed by atoms with Gasteiger partial charge in [-0.2, -0.15) is 8.42 Å². The fraction of sp³-hybridized carbons (Fsp3) is 0.100. The van der Waals surface area contributed by atoms with E-state index in [0.29, 0.717) is 5.56 Å². The normalized spacial score (nSPS) is 17.0. The first-order valence-corrected chi connectivity index (χ1v) is 11.0. The van der Waals surface area contributed by atoms with Crippen molar-refractivity contribution in [3.8, 4) is 0 Å². The number of hydrogen-bond donors (Lipinski definition) is 0. The van der Waals surface area contributed by atoms with Crippen molar-refractivity contribution in [2.75, 3.05) is 6.54 Å². The van der Waals surface area contributed by atoms with Crippen molar-refractivity contribution < 1.29 is 18.1 Å². The molecule has 154 valence electrons. The molecule has 2 aromatic rings. The average molecular weight is 444 g/mol. The van der Waals surface area contributed by atoms with E-state index < -0.39 is 20.9 Å². The number of thioether (sulfide) groups is 1. The first-order chi connectivity index (χ1) is 14.2. The first kappa shape index (κ1) is 21.5. The standard InChI is InChI=1S/C20H17N3O5S2/c1-3-11-22-19(24)18(13-15-5-4-6-16(12-15)23(25)26)29-20(22)21-30(27,28)17-9-7-14(2)8-10-17/h3-10,12-13H,1,11H2,2H3. The highest BCUT2D eigenvalue weighted by atomic mass is 32.2. The Bertz CT molecular complexity index is 1190. The van der Waals surface area contributed by atoms with Crippen LogP contribution >= 0.6 is 11.8 Å². The number of aryl methyl sites for hydroxylation is 1. The number of benzene rings is 2. The highest BCUT2D eigenvalue weighted by Gasteiger charge is 2.34. The molecule has 0 radical (unpaired) electrons. The van der Waals surface area contributed by atoms with Crippen molar-refractivity contribution in [1.29, 1.82) is 0 Å². The van der Waals surface area contributed by atoms with Gasteiger partial charge < -0.3 is 0 Å². The molecule has 10 heteroatoms. The van der Waals surface area contributed by atoms with E-state index >= 15 is 0 Å². The van der Waals surface area contributed by atoms with E-state index in [1.807, 2.05) is 6.92 Å². The van der Waals surface area contributed by atoms with Gasteiger partial charge in [0.25, 0.3) is 21.6 Å². The summed E-state index contributed by atoms with van der Waals surface area (Å²) in [5.74, 6) is -0.454. The molecule has 0 saturated carbocycles. The van der Waals surface area contributed by atoms with Gasteiger partial charge in [-0.3, -0.25) is 19.8 Å². The molecule has 0 unspecified atom stereocenters. The van der Waals surface area contributed by atoms with Gasteiger partial charge in [-0.25, -0.2) is 0 Å². The molecular weight excluding hydrogens is 426 g/mol. The van der Waals surface area contributed by atoms with Gasteiger partial charge >= 0.3 is 0 Å². The Kier molecular flexibility index (Phi) is 6.18. The number of sulfonamides is 1. The molecule has 1 heterocycles. The van der Waals surface area contributed by atoms with Gasteiger partial charge in [0.05, 0.1) is 14.7 Å². The molecule has 1 fully saturated rings. The SMILES string of the molecule is C=CCN1C(=O)C(=Cc2cccc([N+](=O)[O-])c2)SC1=NS(=O)(=O)c1ccc(C)cc1. The third-order valence-electron chi connectivity index (χ3n) is 4.10. The smallest absolute Gasteiger partial charge is 0.282 e. The van der Waals surface area contributed by atoms with Gasteiger partial charge in [0.1, 0.15) is 0 Å². The summed E-state index contributed by atoms with van der Waals surface area (Å²) in [6.45, 7) is 5.50. The Hall–Kier alpha value is -3.24. The van der Waals surface area contributed by atoms with Crippen LogP contribution in [0, 0.1) is 17.0 Å². The molecule has 0 atom stereocenters. The molecule has 0 aromatic heterocycles. The molecule has 0 bridgehead atoms. The number of hydrogen-bond acceptors (Lipinski definition) is 6.